The first kappa shape index (κ1) is 14.1. The summed E-state index contributed by atoms with van der Waals surface area (Å²) < 4.78 is 0. The highest BCUT2D eigenvalue weighted by Gasteiger charge is 2.02. The van der Waals surface area contributed by atoms with E-state index in [0.29, 0.717) is 0 Å². The van der Waals surface area contributed by atoms with Gasteiger partial charge in [-0.05, 0) is 41.8 Å². The van der Waals surface area contributed by atoms with Crippen molar-refractivity contribution in [3.05, 3.63) is 44.3 Å². The van der Waals surface area contributed by atoms with Gasteiger partial charge < -0.3 is 10.6 Å². The molecule has 0 spiro atoms. The summed E-state index contributed by atoms with van der Waals surface area (Å²) in [6.07, 6.45) is 1.04. The van der Waals surface area contributed by atoms with Crippen LogP contribution >= 0.6 is 22.7 Å². The quantitative estimate of drug-likeness (QED) is 0.657. The summed E-state index contributed by atoms with van der Waals surface area (Å²) >= 11 is 3.58. The second-order valence-corrected chi connectivity index (χ2v) is 6.24. The number of rotatable bonds is 5. The SMILES string of the molecule is CN=C(NCCc1cccs1)NCc1sccc1C. The van der Waals surface area contributed by atoms with Crippen LogP contribution in [0.4, 0.5) is 0 Å². The minimum atomic E-state index is 0.835. The lowest BCUT2D eigenvalue weighted by Crippen LogP contribution is -2.37. The maximum absolute atomic E-state index is 4.24. The van der Waals surface area contributed by atoms with Crippen molar-refractivity contribution in [1.29, 1.82) is 0 Å². The van der Waals surface area contributed by atoms with Crippen LogP contribution in [0, 0.1) is 6.92 Å². The van der Waals surface area contributed by atoms with Crippen LogP contribution in [0.1, 0.15) is 15.3 Å². The monoisotopic (exact) mass is 293 g/mol. The minimum Gasteiger partial charge on any atom is -0.356 e. The zero-order valence-electron chi connectivity index (χ0n) is 11.3. The molecule has 0 aliphatic rings. The van der Waals surface area contributed by atoms with Gasteiger partial charge in [0, 0.05) is 23.3 Å². The number of nitrogens with zero attached hydrogens (tertiary/aromatic N) is 1. The van der Waals surface area contributed by atoms with Crippen molar-refractivity contribution in [2.24, 2.45) is 4.99 Å². The van der Waals surface area contributed by atoms with Gasteiger partial charge in [-0.25, -0.2) is 0 Å². The van der Waals surface area contributed by atoms with E-state index in [1.165, 1.54) is 15.3 Å². The van der Waals surface area contributed by atoms with E-state index in [4.69, 9.17) is 0 Å². The molecule has 19 heavy (non-hydrogen) atoms. The molecule has 2 aromatic heterocycles. The van der Waals surface area contributed by atoms with Gasteiger partial charge in [-0.2, -0.15) is 0 Å². The van der Waals surface area contributed by atoms with Crippen molar-refractivity contribution in [2.75, 3.05) is 13.6 Å². The molecule has 0 amide bonds. The Kier molecular flexibility index (Phi) is 5.42. The van der Waals surface area contributed by atoms with E-state index in [1.807, 2.05) is 7.05 Å². The largest absolute Gasteiger partial charge is 0.356 e. The molecule has 102 valence electrons. The third kappa shape index (κ3) is 4.36. The van der Waals surface area contributed by atoms with Gasteiger partial charge in [-0.15, -0.1) is 22.7 Å². The molecule has 0 saturated carbocycles. The second-order valence-electron chi connectivity index (χ2n) is 4.21. The molecule has 2 aromatic rings. The first-order chi connectivity index (χ1) is 9.29. The van der Waals surface area contributed by atoms with Crippen molar-refractivity contribution in [2.45, 2.75) is 19.9 Å². The van der Waals surface area contributed by atoms with E-state index < -0.39 is 0 Å². The molecule has 2 rings (SSSR count). The van der Waals surface area contributed by atoms with Crippen LogP contribution in [-0.4, -0.2) is 19.6 Å². The number of nitrogens with one attached hydrogen (secondary N) is 2. The fraction of sp³-hybridized carbons (Fsp3) is 0.357. The summed E-state index contributed by atoms with van der Waals surface area (Å²) in [5.41, 5.74) is 1.34. The Bertz CT molecular complexity index is 515. The Hall–Kier alpha value is -1.33. The predicted molar refractivity (Wildman–Crippen MR) is 85.3 cm³/mol. The number of aliphatic imine (C=N–C) groups is 1. The van der Waals surface area contributed by atoms with Gasteiger partial charge in [0.1, 0.15) is 0 Å². The Morgan fingerprint density at radius 3 is 2.74 bits per heavy atom. The van der Waals surface area contributed by atoms with Crippen LogP contribution in [-0.2, 0) is 13.0 Å². The fourth-order valence-corrected chi connectivity index (χ4v) is 3.28. The highest BCUT2D eigenvalue weighted by molar-refractivity contribution is 7.10. The van der Waals surface area contributed by atoms with Crippen molar-refractivity contribution < 1.29 is 0 Å². The maximum atomic E-state index is 4.24. The highest BCUT2D eigenvalue weighted by atomic mass is 32.1. The summed E-state index contributed by atoms with van der Waals surface area (Å²) in [5, 5.41) is 10.9. The number of hydrogen-bond acceptors (Lipinski definition) is 3. The molecular formula is C14H19N3S2. The standard InChI is InChI=1S/C14H19N3S2/c1-11-6-9-19-13(11)10-17-14(15-2)16-7-5-12-4-3-8-18-12/h3-4,6,8-9H,5,7,10H2,1-2H3,(H2,15,16,17). The van der Waals surface area contributed by atoms with E-state index in [9.17, 15) is 0 Å². The van der Waals surface area contributed by atoms with Crippen LogP contribution < -0.4 is 10.6 Å². The fourth-order valence-electron chi connectivity index (χ4n) is 1.73. The zero-order chi connectivity index (χ0) is 13.5. The third-order valence-electron chi connectivity index (χ3n) is 2.85. The molecule has 5 heteroatoms. The number of aryl methyl sites for hydroxylation is 1. The zero-order valence-corrected chi connectivity index (χ0v) is 12.9. The van der Waals surface area contributed by atoms with Gasteiger partial charge in [0.15, 0.2) is 5.96 Å². The lowest BCUT2D eigenvalue weighted by atomic mass is 10.3. The normalized spacial score (nSPS) is 11.6. The topological polar surface area (TPSA) is 36.4 Å². The maximum Gasteiger partial charge on any atom is 0.191 e. The Labute approximate surface area is 122 Å². The van der Waals surface area contributed by atoms with Gasteiger partial charge in [0.2, 0.25) is 0 Å². The van der Waals surface area contributed by atoms with Gasteiger partial charge in [0.05, 0.1) is 6.54 Å². The van der Waals surface area contributed by atoms with Crippen molar-refractivity contribution in [1.82, 2.24) is 10.6 Å². The van der Waals surface area contributed by atoms with Gasteiger partial charge in [0.25, 0.3) is 0 Å². The Morgan fingerprint density at radius 2 is 2.11 bits per heavy atom. The summed E-state index contributed by atoms with van der Waals surface area (Å²) in [7, 11) is 1.81. The molecule has 0 aromatic carbocycles. The van der Waals surface area contributed by atoms with Crippen LogP contribution in [0.2, 0.25) is 0 Å². The van der Waals surface area contributed by atoms with Crippen LogP contribution in [0.15, 0.2) is 34.0 Å². The van der Waals surface area contributed by atoms with E-state index in [0.717, 1.165) is 25.5 Å². The van der Waals surface area contributed by atoms with Gasteiger partial charge in [-0.1, -0.05) is 6.07 Å². The lowest BCUT2D eigenvalue weighted by molar-refractivity contribution is 0.803. The molecule has 0 aliphatic carbocycles. The number of thiophene rings is 2. The van der Waals surface area contributed by atoms with Gasteiger partial charge >= 0.3 is 0 Å². The van der Waals surface area contributed by atoms with Gasteiger partial charge in [-0.3, -0.25) is 4.99 Å². The molecule has 0 aliphatic heterocycles. The summed E-state index contributed by atoms with van der Waals surface area (Å²) in [6.45, 7) is 3.88. The number of hydrogen-bond donors (Lipinski definition) is 2. The molecule has 0 unspecified atom stereocenters. The first-order valence-corrected chi connectivity index (χ1v) is 8.05. The molecule has 0 fully saturated rings. The number of guanidine groups is 1. The second kappa shape index (κ2) is 7.31. The minimum absolute atomic E-state index is 0.835. The summed E-state index contributed by atoms with van der Waals surface area (Å²) in [5.74, 6) is 0.865. The van der Waals surface area contributed by atoms with Crippen LogP contribution in [0.25, 0.3) is 0 Å². The molecular weight excluding hydrogens is 274 g/mol. The summed E-state index contributed by atoms with van der Waals surface area (Å²) in [6, 6.07) is 6.40. The average molecular weight is 293 g/mol. The molecule has 0 radical (unpaired) electrons. The lowest BCUT2D eigenvalue weighted by Gasteiger charge is -2.11. The van der Waals surface area contributed by atoms with E-state index in [-0.39, 0.29) is 0 Å². The van der Waals surface area contributed by atoms with Crippen molar-refractivity contribution in [3.63, 3.8) is 0 Å². The smallest absolute Gasteiger partial charge is 0.191 e. The van der Waals surface area contributed by atoms with E-state index >= 15 is 0 Å². The molecule has 0 saturated heterocycles. The molecule has 3 nitrogen and oxygen atoms in total. The first-order valence-electron chi connectivity index (χ1n) is 6.29. The molecule has 2 N–H and O–H groups in total. The van der Waals surface area contributed by atoms with E-state index in [2.05, 4.69) is 51.5 Å². The Morgan fingerprint density at radius 1 is 1.21 bits per heavy atom. The summed E-state index contributed by atoms with van der Waals surface area (Å²) in [4.78, 5) is 7.00. The Balaban J connectivity index is 1.73. The predicted octanol–water partition coefficient (Wildman–Crippen LogP) is 3.03. The third-order valence-corrected chi connectivity index (χ3v) is 4.81. The van der Waals surface area contributed by atoms with E-state index in [1.54, 1.807) is 22.7 Å². The van der Waals surface area contributed by atoms with Crippen LogP contribution in [0.5, 0.6) is 0 Å². The van der Waals surface area contributed by atoms with Crippen LogP contribution in [0.3, 0.4) is 0 Å². The highest BCUT2D eigenvalue weighted by Crippen LogP contribution is 2.14. The average Bonchev–Trinajstić information content (AvgIpc) is 3.05. The van der Waals surface area contributed by atoms with Crippen molar-refractivity contribution >= 4 is 28.6 Å². The molecule has 2 heterocycles. The van der Waals surface area contributed by atoms with Crippen molar-refractivity contribution in [3.8, 4) is 0 Å². The molecule has 0 atom stereocenters. The molecule has 0 bridgehead atoms.